The van der Waals surface area contributed by atoms with Gasteiger partial charge in [-0.2, -0.15) is 0 Å². The van der Waals surface area contributed by atoms with Crippen molar-refractivity contribution in [1.29, 1.82) is 5.41 Å². The lowest BCUT2D eigenvalue weighted by atomic mass is 10.4. The molecule has 0 aliphatic carbocycles. The van der Waals surface area contributed by atoms with E-state index in [1.54, 1.807) is 6.92 Å². The Balaban J connectivity index is 3.14. The van der Waals surface area contributed by atoms with E-state index in [-0.39, 0.29) is 0 Å². The van der Waals surface area contributed by atoms with Crippen LogP contribution in [0.3, 0.4) is 0 Å². The SMILES string of the molecule is CC(=N)CN=CN. The van der Waals surface area contributed by atoms with Gasteiger partial charge in [-0.15, -0.1) is 0 Å². The maximum atomic E-state index is 6.83. The molecule has 0 heterocycles. The number of nitrogens with two attached hydrogens (primary N) is 1. The highest BCUT2D eigenvalue weighted by molar-refractivity contribution is 5.81. The first kappa shape index (κ1) is 6.14. The lowest BCUT2D eigenvalue weighted by molar-refractivity contribution is 1.25. The third-order valence-electron chi connectivity index (χ3n) is 0.434. The van der Waals surface area contributed by atoms with E-state index in [1.807, 2.05) is 0 Å². The molecule has 0 unspecified atom stereocenters. The number of rotatable bonds is 2. The summed E-state index contributed by atoms with van der Waals surface area (Å²) in [5, 5.41) is 6.83. The summed E-state index contributed by atoms with van der Waals surface area (Å²) in [5.41, 5.74) is 5.42. The summed E-state index contributed by atoms with van der Waals surface area (Å²) in [6.45, 7) is 2.11. The molecule has 0 aromatic carbocycles. The highest BCUT2D eigenvalue weighted by atomic mass is 14.8. The number of aliphatic imine (C=N–C) groups is 1. The van der Waals surface area contributed by atoms with E-state index in [4.69, 9.17) is 11.1 Å². The molecule has 3 heteroatoms. The first-order valence-corrected chi connectivity index (χ1v) is 2.01. The van der Waals surface area contributed by atoms with Crippen molar-refractivity contribution in [2.45, 2.75) is 6.92 Å². The molecule has 40 valence electrons. The van der Waals surface area contributed by atoms with Gasteiger partial charge in [0.25, 0.3) is 0 Å². The van der Waals surface area contributed by atoms with Gasteiger partial charge < -0.3 is 11.1 Å². The Hall–Kier alpha value is -0.860. The van der Waals surface area contributed by atoms with E-state index in [2.05, 4.69) is 4.99 Å². The van der Waals surface area contributed by atoms with E-state index in [0.717, 1.165) is 0 Å². The molecule has 0 saturated carbocycles. The molecule has 0 bridgehead atoms. The molecule has 0 radical (unpaired) electrons. The molecular formula is C4H9N3. The molecule has 3 N–H and O–H groups in total. The summed E-state index contributed by atoms with van der Waals surface area (Å²) in [5.74, 6) is 0. The summed E-state index contributed by atoms with van der Waals surface area (Å²) in [7, 11) is 0. The van der Waals surface area contributed by atoms with Crippen molar-refractivity contribution in [3.63, 3.8) is 0 Å². The van der Waals surface area contributed by atoms with Crippen LogP contribution in [0.15, 0.2) is 4.99 Å². The van der Waals surface area contributed by atoms with Crippen LogP contribution in [0.2, 0.25) is 0 Å². The molecular weight excluding hydrogens is 90.1 g/mol. The summed E-state index contributed by atoms with van der Waals surface area (Å²) in [6.07, 6.45) is 1.21. The van der Waals surface area contributed by atoms with Crippen LogP contribution in [0.4, 0.5) is 0 Å². The van der Waals surface area contributed by atoms with E-state index in [9.17, 15) is 0 Å². The van der Waals surface area contributed by atoms with Crippen LogP contribution in [-0.2, 0) is 0 Å². The zero-order valence-electron chi connectivity index (χ0n) is 4.31. The van der Waals surface area contributed by atoms with E-state index in [1.165, 1.54) is 6.34 Å². The first-order chi connectivity index (χ1) is 3.27. The average molecular weight is 99.1 g/mol. The normalized spacial score (nSPS) is 9.86. The third-order valence-corrected chi connectivity index (χ3v) is 0.434. The van der Waals surface area contributed by atoms with Crippen molar-refractivity contribution >= 4 is 12.1 Å². The second-order valence-electron chi connectivity index (χ2n) is 1.27. The van der Waals surface area contributed by atoms with E-state index < -0.39 is 0 Å². The smallest absolute Gasteiger partial charge is 0.0802 e. The maximum Gasteiger partial charge on any atom is 0.0802 e. The quantitative estimate of drug-likeness (QED) is 0.372. The topological polar surface area (TPSA) is 62.2 Å². The Bertz CT molecular complexity index is 84.9. The maximum absolute atomic E-state index is 6.83. The van der Waals surface area contributed by atoms with Gasteiger partial charge in [-0.25, -0.2) is 0 Å². The number of hydrogen-bond donors (Lipinski definition) is 2. The van der Waals surface area contributed by atoms with Gasteiger partial charge in [0, 0.05) is 5.71 Å². The number of hydrogen-bond acceptors (Lipinski definition) is 2. The second-order valence-corrected chi connectivity index (χ2v) is 1.27. The Morgan fingerprint density at radius 1 is 2.00 bits per heavy atom. The predicted octanol–water partition coefficient (Wildman–Crippen LogP) is 0.0131. The molecule has 0 rings (SSSR count). The summed E-state index contributed by atoms with van der Waals surface area (Å²) >= 11 is 0. The molecule has 0 atom stereocenters. The van der Waals surface area contributed by atoms with Crippen molar-refractivity contribution in [2.24, 2.45) is 10.7 Å². The Morgan fingerprint density at radius 2 is 2.57 bits per heavy atom. The van der Waals surface area contributed by atoms with E-state index in [0.29, 0.717) is 12.3 Å². The number of nitrogens with zero attached hydrogens (tertiary/aromatic N) is 1. The molecule has 0 fully saturated rings. The molecule has 0 amide bonds. The second kappa shape index (κ2) is 3.33. The molecule has 0 saturated heterocycles. The minimum atomic E-state index is 0.427. The lowest BCUT2D eigenvalue weighted by Crippen LogP contribution is -1.97. The largest absolute Gasteiger partial charge is 0.390 e. The molecule has 0 aromatic rings. The molecule has 3 nitrogen and oxygen atoms in total. The first-order valence-electron chi connectivity index (χ1n) is 2.01. The van der Waals surface area contributed by atoms with Crippen LogP contribution >= 0.6 is 0 Å². The summed E-state index contributed by atoms with van der Waals surface area (Å²) in [6, 6.07) is 0. The Kier molecular flexibility index (Phi) is 2.92. The van der Waals surface area contributed by atoms with Crippen LogP contribution in [0.1, 0.15) is 6.92 Å². The zero-order valence-corrected chi connectivity index (χ0v) is 4.31. The fraction of sp³-hybridized carbons (Fsp3) is 0.500. The van der Waals surface area contributed by atoms with Crippen LogP contribution in [0.5, 0.6) is 0 Å². The highest BCUT2D eigenvalue weighted by Crippen LogP contribution is 1.67. The third kappa shape index (κ3) is 5.14. The standard InChI is InChI=1S/C4H9N3/c1-4(6)2-7-3-5/h3,6H,2H2,1H3,(H2,5,7). The van der Waals surface area contributed by atoms with Crippen molar-refractivity contribution < 1.29 is 0 Å². The van der Waals surface area contributed by atoms with Gasteiger partial charge in [-0.3, -0.25) is 4.99 Å². The van der Waals surface area contributed by atoms with Crippen molar-refractivity contribution in [2.75, 3.05) is 6.54 Å². The van der Waals surface area contributed by atoms with Crippen LogP contribution in [-0.4, -0.2) is 18.6 Å². The molecule has 0 spiro atoms. The van der Waals surface area contributed by atoms with Gasteiger partial charge in [0.05, 0.1) is 12.9 Å². The van der Waals surface area contributed by atoms with Crippen molar-refractivity contribution in [1.82, 2.24) is 0 Å². The number of nitrogens with one attached hydrogen (secondary N) is 1. The zero-order chi connectivity index (χ0) is 5.70. The predicted molar refractivity (Wildman–Crippen MR) is 30.9 cm³/mol. The highest BCUT2D eigenvalue weighted by Gasteiger charge is 1.77. The van der Waals surface area contributed by atoms with Gasteiger partial charge in [0.1, 0.15) is 0 Å². The van der Waals surface area contributed by atoms with Crippen LogP contribution < -0.4 is 5.73 Å². The van der Waals surface area contributed by atoms with Gasteiger partial charge in [0.15, 0.2) is 0 Å². The van der Waals surface area contributed by atoms with E-state index >= 15 is 0 Å². The van der Waals surface area contributed by atoms with Crippen LogP contribution in [0.25, 0.3) is 0 Å². The summed E-state index contributed by atoms with van der Waals surface area (Å²) in [4.78, 5) is 3.60. The molecule has 0 aromatic heterocycles. The van der Waals surface area contributed by atoms with Gasteiger partial charge >= 0.3 is 0 Å². The Labute approximate surface area is 42.8 Å². The molecule has 0 aliphatic rings. The van der Waals surface area contributed by atoms with Gasteiger partial charge in [-0.1, -0.05) is 0 Å². The minimum absolute atomic E-state index is 0.427. The Morgan fingerprint density at radius 3 is 2.71 bits per heavy atom. The molecule has 7 heavy (non-hydrogen) atoms. The monoisotopic (exact) mass is 99.1 g/mol. The lowest BCUT2D eigenvalue weighted by Gasteiger charge is -1.83. The molecule has 0 aliphatic heterocycles. The minimum Gasteiger partial charge on any atom is -0.390 e. The fourth-order valence-corrected chi connectivity index (χ4v) is 0.190. The fourth-order valence-electron chi connectivity index (χ4n) is 0.190. The van der Waals surface area contributed by atoms with Crippen molar-refractivity contribution in [3.8, 4) is 0 Å². The average Bonchev–Trinajstić information content (AvgIpc) is 1.61. The summed E-state index contributed by atoms with van der Waals surface area (Å²) < 4.78 is 0. The van der Waals surface area contributed by atoms with Crippen LogP contribution in [0, 0.1) is 5.41 Å². The van der Waals surface area contributed by atoms with Gasteiger partial charge in [0.2, 0.25) is 0 Å². The van der Waals surface area contributed by atoms with Gasteiger partial charge in [-0.05, 0) is 6.92 Å². The van der Waals surface area contributed by atoms with Crippen molar-refractivity contribution in [3.05, 3.63) is 0 Å².